The lowest BCUT2D eigenvalue weighted by molar-refractivity contribution is -0.117. The molecule has 2 N–H and O–H groups in total. The highest BCUT2D eigenvalue weighted by Gasteiger charge is 2.25. The summed E-state index contributed by atoms with van der Waals surface area (Å²) < 4.78 is 4.57. The van der Waals surface area contributed by atoms with E-state index >= 15 is 0 Å². The molecule has 1 aliphatic rings. The second-order valence-corrected chi connectivity index (χ2v) is 8.33. The number of amidine groups is 1. The van der Waals surface area contributed by atoms with E-state index in [2.05, 4.69) is 72.8 Å². The van der Waals surface area contributed by atoms with Crippen LogP contribution in [0.25, 0.3) is 4.91 Å². The number of aliphatic imine (C=N–C) groups is 1. The number of rotatable bonds is 10. The Morgan fingerprint density at radius 1 is 1.30 bits per heavy atom. The average Bonchev–Trinajstić information content (AvgIpc) is 3.32. The van der Waals surface area contributed by atoms with Gasteiger partial charge in [-0.3, -0.25) is 9.79 Å². The van der Waals surface area contributed by atoms with Crippen molar-refractivity contribution in [2.24, 2.45) is 10.7 Å². The van der Waals surface area contributed by atoms with Crippen molar-refractivity contribution in [3.05, 3.63) is 65.1 Å². The predicted octanol–water partition coefficient (Wildman–Crippen LogP) is 6.42. The largest absolute Gasteiger partial charge is 0.386 e. The first-order valence-electron chi connectivity index (χ1n) is 11.7. The maximum absolute atomic E-state index is 11.1. The van der Waals surface area contributed by atoms with Crippen molar-refractivity contribution in [1.29, 1.82) is 0 Å². The van der Waals surface area contributed by atoms with Gasteiger partial charge in [-0.25, -0.2) is 0 Å². The molecule has 33 heavy (non-hydrogen) atoms. The Morgan fingerprint density at radius 3 is 2.45 bits per heavy atom. The van der Waals surface area contributed by atoms with Gasteiger partial charge >= 0.3 is 0 Å². The molecular weight excluding hydrogens is 430 g/mol. The molecule has 1 atom stereocenters. The van der Waals surface area contributed by atoms with E-state index in [1.807, 2.05) is 13.8 Å². The number of carbonyl (C=O) groups is 1. The first-order chi connectivity index (χ1) is 16.0. The van der Waals surface area contributed by atoms with Gasteiger partial charge in [0.25, 0.3) is 0 Å². The summed E-state index contributed by atoms with van der Waals surface area (Å²) in [5, 5.41) is 2.15. The van der Waals surface area contributed by atoms with Crippen molar-refractivity contribution < 1.29 is 9.53 Å². The summed E-state index contributed by atoms with van der Waals surface area (Å²) in [5.74, 6) is 0.559. The highest BCUT2D eigenvalue weighted by atomic mass is 32.2. The van der Waals surface area contributed by atoms with Gasteiger partial charge in [-0.05, 0) is 49.6 Å². The quantitative estimate of drug-likeness (QED) is 0.184. The second kappa shape index (κ2) is 19.2. The van der Waals surface area contributed by atoms with Gasteiger partial charge < -0.3 is 15.4 Å². The van der Waals surface area contributed by atoms with Crippen LogP contribution in [0.2, 0.25) is 0 Å². The lowest BCUT2D eigenvalue weighted by Gasteiger charge is -2.19. The number of nitrogens with zero attached hydrogens (tertiary/aromatic N) is 2. The van der Waals surface area contributed by atoms with Crippen LogP contribution in [0.5, 0.6) is 0 Å². The number of methoxy groups -OCH3 is 1. The second-order valence-electron chi connectivity index (χ2n) is 7.41. The molecule has 1 saturated heterocycles. The smallest absolute Gasteiger partial charge is 0.210 e. The van der Waals surface area contributed by atoms with Crippen molar-refractivity contribution in [1.82, 2.24) is 4.90 Å². The Kier molecular flexibility index (Phi) is 17.8. The summed E-state index contributed by atoms with van der Waals surface area (Å²) in [7, 11) is 1.64. The van der Waals surface area contributed by atoms with Crippen molar-refractivity contribution >= 4 is 28.9 Å². The van der Waals surface area contributed by atoms with Gasteiger partial charge in [0.2, 0.25) is 6.41 Å². The summed E-state index contributed by atoms with van der Waals surface area (Å²) in [5.41, 5.74) is 9.76. The van der Waals surface area contributed by atoms with E-state index in [4.69, 9.17) is 5.73 Å². The molecule has 1 heterocycles. The molecule has 0 spiro atoms. The average molecular weight is 474 g/mol. The highest BCUT2D eigenvalue weighted by molar-refractivity contribution is 8.10. The fourth-order valence-corrected chi connectivity index (χ4v) is 4.02. The van der Waals surface area contributed by atoms with Crippen LogP contribution < -0.4 is 5.73 Å². The molecule has 0 radical (unpaired) electrons. The molecule has 2 rings (SSSR count). The maximum Gasteiger partial charge on any atom is 0.210 e. The number of benzene rings is 1. The Labute approximate surface area is 205 Å². The van der Waals surface area contributed by atoms with Crippen LogP contribution in [0.4, 0.5) is 0 Å². The number of carbonyl (C=O) groups excluding carboxylic acids is 1. The molecule has 1 aromatic carbocycles. The third-order valence-electron chi connectivity index (χ3n) is 4.69. The van der Waals surface area contributed by atoms with Gasteiger partial charge in [-0.15, -0.1) is 6.58 Å². The zero-order valence-electron chi connectivity index (χ0n) is 21.3. The molecule has 0 bridgehead atoms. The summed E-state index contributed by atoms with van der Waals surface area (Å²) in [6.45, 7) is 15.8. The number of allylic oxidation sites excluding steroid dienone is 2. The van der Waals surface area contributed by atoms with E-state index in [0.29, 0.717) is 19.0 Å². The van der Waals surface area contributed by atoms with Crippen molar-refractivity contribution in [3.8, 4) is 0 Å². The summed E-state index contributed by atoms with van der Waals surface area (Å²) in [6.07, 6.45) is 7.69. The fourth-order valence-electron chi connectivity index (χ4n) is 3.09. The number of hydrogen-bond donors (Lipinski definition) is 1. The predicted molar refractivity (Wildman–Crippen MR) is 146 cm³/mol. The Bertz CT molecular complexity index is 766. The highest BCUT2D eigenvalue weighted by Crippen LogP contribution is 2.32. The van der Waals surface area contributed by atoms with Crippen molar-refractivity contribution in [2.45, 2.75) is 66.5 Å². The summed E-state index contributed by atoms with van der Waals surface area (Å²) >= 11 is 1.76. The van der Waals surface area contributed by atoms with Gasteiger partial charge in [0.05, 0.1) is 19.2 Å². The van der Waals surface area contributed by atoms with Crippen LogP contribution in [-0.2, 0) is 16.1 Å². The minimum absolute atomic E-state index is 0.0363. The molecule has 1 amide bonds. The number of thioether (sulfide) groups is 1. The molecule has 5 nitrogen and oxygen atoms in total. The Hall–Kier alpha value is -2.31. The maximum atomic E-state index is 11.1. The van der Waals surface area contributed by atoms with Gasteiger partial charge in [-0.2, -0.15) is 0 Å². The van der Waals surface area contributed by atoms with E-state index < -0.39 is 0 Å². The van der Waals surface area contributed by atoms with Crippen molar-refractivity contribution in [2.75, 3.05) is 20.3 Å². The number of amides is 1. The monoisotopic (exact) mass is 473 g/mol. The van der Waals surface area contributed by atoms with Gasteiger partial charge in [0, 0.05) is 18.6 Å². The molecule has 0 saturated carbocycles. The number of hydrogen-bond acceptors (Lipinski definition) is 4. The van der Waals surface area contributed by atoms with Crippen molar-refractivity contribution in [3.63, 3.8) is 0 Å². The van der Waals surface area contributed by atoms with Gasteiger partial charge in [0.1, 0.15) is 5.84 Å². The Balaban J connectivity index is 0.00000129. The number of ether oxygens (including phenoxy) is 1. The molecule has 1 unspecified atom stereocenters. The molecular formula is C27H43N3O2S. The SMILES string of the molecule is C=CCOC.CC.CC/C=C\SC(=C(C)C)c1ccc(CN=C(N)C2CCCN2C=O)cc1. The minimum atomic E-state index is -0.0363. The van der Waals surface area contributed by atoms with Crippen LogP contribution in [-0.4, -0.2) is 43.4 Å². The number of likely N-dealkylation sites (tertiary alicyclic amines) is 1. The molecule has 1 aliphatic heterocycles. The molecule has 184 valence electrons. The third-order valence-corrected chi connectivity index (χ3v) is 5.90. The molecule has 1 aromatic rings. The first kappa shape index (κ1) is 30.7. The van der Waals surface area contributed by atoms with E-state index in [0.717, 1.165) is 37.8 Å². The van der Waals surface area contributed by atoms with Crippen LogP contribution in [0.15, 0.2) is 59.0 Å². The summed E-state index contributed by atoms with van der Waals surface area (Å²) in [6, 6.07) is 8.45. The zero-order chi connectivity index (χ0) is 25.1. The normalized spacial score (nSPS) is 15.3. The lowest BCUT2D eigenvalue weighted by atomic mass is 10.1. The molecule has 6 heteroatoms. The standard InChI is InChI=1S/C21H29N3OS.C4H8O.C2H6/c1-4-5-13-26-20(16(2)3)18-10-8-17(9-11-18)14-23-21(22)19-7-6-12-24(19)15-25;1-3-4-5-2;1-2/h5,8-11,13,15,19H,4,6-7,12,14H2,1-3H3,(H2,22,23);3H,1,4H2,2H3;1-2H3/b13-5-;;. The number of nitrogens with two attached hydrogens (primary N) is 1. The van der Waals surface area contributed by atoms with Gasteiger partial charge in [-0.1, -0.05) is 74.5 Å². The van der Waals surface area contributed by atoms with E-state index in [9.17, 15) is 4.79 Å². The van der Waals surface area contributed by atoms with Gasteiger partial charge in [0.15, 0.2) is 0 Å². The zero-order valence-corrected chi connectivity index (χ0v) is 22.2. The minimum Gasteiger partial charge on any atom is -0.386 e. The first-order valence-corrected chi connectivity index (χ1v) is 12.6. The fraction of sp³-hybridized carbons (Fsp3) is 0.481. The van der Waals surface area contributed by atoms with E-state index in [1.54, 1.807) is 29.8 Å². The van der Waals surface area contributed by atoms with E-state index in [-0.39, 0.29) is 6.04 Å². The van der Waals surface area contributed by atoms with Crippen LogP contribution >= 0.6 is 11.8 Å². The molecule has 0 aromatic heterocycles. The molecule has 1 fully saturated rings. The lowest BCUT2D eigenvalue weighted by Crippen LogP contribution is -2.39. The van der Waals surface area contributed by atoms with E-state index in [1.165, 1.54) is 16.0 Å². The topological polar surface area (TPSA) is 67.9 Å². The Morgan fingerprint density at radius 2 is 1.97 bits per heavy atom. The van der Waals surface area contributed by atoms with Crippen LogP contribution in [0.1, 0.15) is 65.0 Å². The summed E-state index contributed by atoms with van der Waals surface area (Å²) in [4.78, 5) is 18.6. The molecule has 0 aliphatic carbocycles. The van der Waals surface area contributed by atoms with Crippen LogP contribution in [0, 0.1) is 0 Å². The van der Waals surface area contributed by atoms with Crippen LogP contribution in [0.3, 0.4) is 0 Å². The third kappa shape index (κ3) is 11.9.